The number of aliphatic hydroxyl groups excluding tert-OH is 3. The molecule has 94 valence electrons. The van der Waals surface area contributed by atoms with Gasteiger partial charge in [-0.2, -0.15) is 0 Å². The summed E-state index contributed by atoms with van der Waals surface area (Å²) in [7, 11) is 0. The van der Waals surface area contributed by atoms with E-state index in [1.165, 1.54) is 12.3 Å². The fraction of sp³-hybridized carbons (Fsp3) is 0.500. The van der Waals surface area contributed by atoms with Gasteiger partial charge in [0.1, 0.15) is 24.1 Å². The fourth-order valence-corrected chi connectivity index (χ4v) is 1.80. The molecule has 0 saturated carbocycles. The zero-order chi connectivity index (χ0) is 12.6. The van der Waals surface area contributed by atoms with Crippen LogP contribution in [0.2, 0.25) is 0 Å². The van der Waals surface area contributed by atoms with Gasteiger partial charge in [0.25, 0.3) is 5.56 Å². The van der Waals surface area contributed by atoms with E-state index in [1.807, 2.05) is 0 Å². The highest BCUT2D eigenvalue weighted by molar-refractivity contribution is 5.16. The molecule has 1 aliphatic heterocycles. The van der Waals surface area contributed by atoms with Crippen molar-refractivity contribution in [3.63, 3.8) is 0 Å². The number of aliphatic hydroxyl groups is 3. The molecule has 1 saturated heterocycles. The summed E-state index contributed by atoms with van der Waals surface area (Å²) in [6, 6.07) is 2.23. The van der Waals surface area contributed by atoms with Crippen LogP contribution >= 0.6 is 0 Å². The Labute approximate surface area is 96.1 Å². The number of hydrogen-bond donors (Lipinski definition) is 4. The lowest BCUT2D eigenvalue weighted by Gasteiger charge is -2.17. The standard InChI is InChI=1S/C10H13NO6/c12-4-6-8(15)9(16)10(17-6)11-2-1-5(13)3-7(11)14/h1-3,6,8-10,12-13,15-16H,4H2/t6-,8?,9+,10-/m1/s1. The Bertz CT molecular complexity index is 458. The van der Waals surface area contributed by atoms with E-state index in [1.54, 1.807) is 0 Å². The molecule has 7 nitrogen and oxygen atoms in total. The zero-order valence-corrected chi connectivity index (χ0v) is 8.80. The first-order valence-corrected chi connectivity index (χ1v) is 5.08. The minimum absolute atomic E-state index is 0.196. The first-order chi connectivity index (χ1) is 8.04. The van der Waals surface area contributed by atoms with E-state index in [0.717, 1.165) is 10.6 Å². The summed E-state index contributed by atoms with van der Waals surface area (Å²) in [5.74, 6) is -0.196. The highest BCUT2D eigenvalue weighted by atomic mass is 16.6. The molecule has 1 aliphatic rings. The smallest absolute Gasteiger partial charge is 0.256 e. The molecule has 0 bridgehead atoms. The lowest BCUT2D eigenvalue weighted by atomic mass is 10.1. The minimum Gasteiger partial charge on any atom is -0.508 e. The average molecular weight is 243 g/mol. The molecule has 17 heavy (non-hydrogen) atoms. The van der Waals surface area contributed by atoms with Gasteiger partial charge in [-0.3, -0.25) is 9.36 Å². The fourth-order valence-electron chi connectivity index (χ4n) is 1.80. The monoisotopic (exact) mass is 243 g/mol. The average Bonchev–Trinajstić information content (AvgIpc) is 2.57. The molecule has 1 aromatic rings. The number of hydrogen-bond acceptors (Lipinski definition) is 6. The number of nitrogens with zero attached hydrogens (tertiary/aromatic N) is 1. The molecule has 0 amide bonds. The van der Waals surface area contributed by atoms with Crippen LogP contribution in [-0.2, 0) is 4.74 Å². The third-order valence-electron chi connectivity index (χ3n) is 2.72. The van der Waals surface area contributed by atoms with E-state index in [0.29, 0.717) is 0 Å². The van der Waals surface area contributed by atoms with Crippen LogP contribution in [0.5, 0.6) is 5.75 Å². The maximum absolute atomic E-state index is 11.5. The molecule has 0 aliphatic carbocycles. The molecule has 0 radical (unpaired) electrons. The summed E-state index contributed by atoms with van der Waals surface area (Å²) < 4.78 is 6.22. The maximum atomic E-state index is 11.5. The third-order valence-corrected chi connectivity index (χ3v) is 2.72. The summed E-state index contributed by atoms with van der Waals surface area (Å²) in [5.41, 5.74) is -0.570. The highest BCUT2D eigenvalue weighted by Gasteiger charge is 2.43. The van der Waals surface area contributed by atoms with E-state index in [4.69, 9.17) is 14.9 Å². The molecule has 1 aromatic heterocycles. The molecular weight excluding hydrogens is 230 g/mol. The molecular formula is C10H13NO6. The van der Waals surface area contributed by atoms with Crippen LogP contribution in [0.1, 0.15) is 6.23 Å². The second-order valence-electron chi connectivity index (χ2n) is 3.86. The van der Waals surface area contributed by atoms with Crippen molar-refractivity contribution in [2.45, 2.75) is 24.5 Å². The first kappa shape index (κ1) is 12.1. The van der Waals surface area contributed by atoms with Gasteiger partial charge in [-0.1, -0.05) is 0 Å². The van der Waals surface area contributed by atoms with Crippen LogP contribution in [-0.4, -0.2) is 49.9 Å². The number of ether oxygens (including phenoxy) is 1. The maximum Gasteiger partial charge on any atom is 0.256 e. The van der Waals surface area contributed by atoms with Gasteiger partial charge in [0.15, 0.2) is 6.23 Å². The number of aromatic nitrogens is 1. The number of rotatable bonds is 2. The number of aromatic hydroxyl groups is 1. The van der Waals surface area contributed by atoms with Crippen molar-refractivity contribution in [2.75, 3.05) is 6.61 Å². The van der Waals surface area contributed by atoms with Gasteiger partial charge in [-0.25, -0.2) is 0 Å². The van der Waals surface area contributed by atoms with Crippen LogP contribution in [0.3, 0.4) is 0 Å². The van der Waals surface area contributed by atoms with Gasteiger partial charge in [0, 0.05) is 12.3 Å². The van der Waals surface area contributed by atoms with Gasteiger partial charge in [0.05, 0.1) is 6.61 Å². The SMILES string of the molecule is O=c1cc(O)ccn1[C@@H]1O[C@H](CO)C(O)[C@@H]1O. The lowest BCUT2D eigenvalue weighted by molar-refractivity contribution is -0.0544. The van der Waals surface area contributed by atoms with Crippen molar-refractivity contribution in [3.05, 3.63) is 28.7 Å². The Balaban J connectivity index is 2.32. The summed E-state index contributed by atoms with van der Waals surface area (Å²) in [4.78, 5) is 11.5. The Kier molecular flexibility index (Phi) is 3.16. The zero-order valence-electron chi connectivity index (χ0n) is 8.80. The Morgan fingerprint density at radius 3 is 2.59 bits per heavy atom. The van der Waals surface area contributed by atoms with E-state index in [9.17, 15) is 15.0 Å². The van der Waals surface area contributed by atoms with Gasteiger partial charge >= 0.3 is 0 Å². The number of pyridine rings is 1. The van der Waals surface area contributed by atoms with Gasteiger partial charge < -0.3 is 25.2 Å². The lowest BCUT2D eigenvalue weighted by Crippen LogP contribution is -2.35. The van der Waals surface area contributed by atoms with Crippen LogP contribution in [0.25, 0.3) is 0 Å². The van der Waals surface area contributed by atoms with E-state index >= 15 is 0 Å². The van der Waals surface area contributed by atoms with E-state index < -0.39 is 36.7 Å². The largest absolute Gasteiger partial charge is 0.508 e. The summed E-state index contributed by atoms with van der Waals surface area (Å²) in [5, 5.41) is 37.2. The quantitative estimate of drug-likeness (QED) is 0.486. The molecule has 1 unspecified atom stereocenters. The Morgan fingerprint density at radius 2 is 2.06 bits per heavy atom. The molecule has 1 fully saturated rings. The second kappa shape index (κ2) is 4.46. The van der Waals surface area contributed by atoms with Gasteiger partial charge in [-0.05, 0) is 6.07 Å². The van der Waals surface area contributed by atoms with Gasteiger partial charge in [0.2, 0.25) is 0 Å². The summed E-state index contributed by atoms with van der Waals surface area (Å²) >= 11 is 0. The highest BCUT2D eigenvalue weighted by Crippen LogP contribution is 2.28. The summed E-state index contributed by atoms with van der Waals surface area (Å²) in [6.45, 7) is -0.457. The van der Waals surface area contributed by atoms with Crippen molar-refractivity contribution in [3.8, 4) is 5.75 Å². The van der Waals surface area contributed by atoms with Crippen molar-refractivity contribution in [1.82, 2.24) is 4.57 Å². The van der Waals surface area contributed by atoms with E-state index in [2.05, 4.69) is 0 Å². The van der Waals surface area contributed by atoms with Crippen molar-refractivity contribution >= 4 is 0 Å². The van der Waals surface area contributed by atoms with Crippen LogP contribution in [0.15, 0.2) is 23.1 Å². The Hall–Kier alpha value is -1.41. The molecule has 2 rings (SSSR count). The Morgan fingerprint density at radius 1 is 1.35 bits per heavy atom. The molecule has 0 spiro atoms. The topological polar surface area (TPSA) is 112 Å². The molecule has 4 atom stereocenters. The molecule has 7 heteroatoms. The normalized spacial score (nSPS) is 32.9. The first-order valence-electron chi connectivity index (χ1n) is 5.08. The second-order valence-corrected chi connectivity index (χ2v) is 3.86. The third kappa shape index (κ3) is 2.05. The molecule has 0 aromatic carbocycles. The molecule has 2 heterocycles. The van der Waals surface area contributed by atoms with Gasteiger partial charge in [-0.15, -0.1) is 0 Å². The van der Waals surface area contributed by atoms with E-state index in [-0.39, 0.29) is 5.75 Å². The predicted molar refractivity (Wildman–Crippen MR) is 55.4 cm³/mol. The summed E-state index contributed by atoms with van der Waals surface area (Å²) in [6.07, 6.45) is -3.33. The minimum atomic E-state index is -1.31. The molecule has 4 N–H and O–H groups in total. The van der Waals surface area contributed by atoms with Crippen LogP contribution in [0, 0.1) is 0 Å². The van der Waals surface area contributed by atoms with Crippen molar-refractivity contribution in [2.24, 2.45) is 0 Å². The predicted octanol–water partition coefficient (Wildman–Crippen LogP) is -1.83. The van der Waals surface area contributed by atoms with Crippen LogP contribution in [0.4, 0.5) is 0 Å². The van der Waals surface area contributed by atoms with Crippen LogP contribution < -0.4 is 5.56 Å². The van der Waals surface area contributed by atoms with Crippen molar-refractivity contribution in [1.29, 1.82) is 0 Å². The van der Waals surface area contributed by atoms with Crippen molar-refractivity contribution < 1.29 is 25.2 Å².